The molecule has 0 saturated carbocycles. The molecule has 0 fully saturated rings. The van der Waals surface area contributed by atoms with Crippen molar-refractivity contribution in [3.05, 3.63) is 12.4 Å². The Labute approximate surface area is 53.5 Å². The molecule has 0 bridgehead atoms. The molecule has 0 aromatic heterocycles. The fraction of sp³-hybridized carbons (Fsp3) is 0.667. The molecule has 1 aliphatic heterocycles. The van der Waals surface area contributed by atoms with E-state index in [1.807, 2.05) is 0 Å². The Morgan fingerprint density at radius 2 is 2.44 bits per heavy atom. The first-order valence-corrected chi connectivity index (χ1v) is 2.89. The molecule has 1 atom stereocenters. The Morgan fingerprint density at radius 1 is 1.78 bits per heavy atom. The van der Waals surface area contributed by atoms with Crippen molar-refractivity contribution in [3.63, 3.8) is 0 Å². The summed E-state index contributed by atoms with van der Waals surface area (Å²) in [4.78, 5) is 0. The van der Waals surface area contributed by atoms with Gasteiger partial charge in [-0.25, -0.2) is 4.39 Å². The Kier molecular flexibility index (Phi) is 1.35. The van der Waals surface area contributed by atoms with E-state index < -0.39 is 5.54 Å². The van der Waals surface area contributed by atoms with E-state index in [0.29, 0.717) is 13.0 Å². The number of hydrogen-bond donors (Lipinski definition) is 0. The van der Waals surface area contributed by atoms with Gasteiger partial charge in [-0.2, -0.15) is 10.2 Å². The molecule has 1 unspecified atom stereocenters. The molecule has 0 N–H and O–H groups in total. The van der Waals surface area contributed by atoms with Crippen LogP contribution in [0.2, 0.25) is 0 Å². The maximum Gasteiger partial charge on any atom is 0.131 e. The maximum absolute atomic E-state index is 12.4. The van der Waals surface area contributed by atoms with Gasteiger partial charge in [-0.15, -0.1) is 0 Å². The van der Waals surface area contributed by atoms with Crippen LogP contribution in [0.3, 0.4) is 0 Å². The SMILES string of the molecule is C=C(F)C1(C)CCN=N1. The Morgan fingerprint density at radius 3 is 2.67 bits per heavy atom. The Hall–Kier alpha value is -0.730. The van der Waals surface area contributed by atoms with Crippen molar-refractivity contribution in [2.75, 3.05) is 6.54 Å². The average molecular weight is 128 g/mol. The maximum atomic E-state index is 12.4. The van der Waals surface area contributed by atoms with Gasteiger partial charge in [-0.1, -0.05) is 6.58 Å². The summed E-state index contributed by atoms with van der Waals surface area (Å²) < 4.78 is 12.4. The van der Waals surface area contributed by atoms with E-state index in [0.717, 1.165) is 0 Å². The molecule has 0 aliphatic carbocycles. The van der Waals surface area contributed by atoms with E-state index in [2.05, 4.69) is 16.8 Å². The molecule has 1 rings (SSSR count). The molecule has 2 nitrogen and oxygen atoms in total. The molecule has 50 valence electrons. The van der Waals surface area contributed by atoms with E-state index in [-0.39, 0.29) is 5.83 Å². The molecule has 0 saturated heterocycles. The van der Waals surface area contributed by atoms with Crippen LogP contribution in [-0.4, -0.2) is 12.1 Å². The molecule has 0 aromatic rings. The molecule has 0 amide bonds. The van der Waals surface area contributed by atoms with Gasteiger partial charge in [0.25, 0.3) is 0 Å². The predicted octanol–water partition coefficient (Wildman–Crippen LogP) is 2.08. The van der Waals surface area contributed by atoms with Crippen molar-refractivity contribution in [1.29, 1.82) is 0 Å². The summed E-state index contributed by atoms with van der Waals surface area (Å²) in [6, 6.07) is 0. The second kappa shape index (κ2) is 1.90. The third-order valence-electron chi connectivity index (χ3n) is 1.57. The molecule has 9 heavy (non-hydrogen) atoms. The molecule has 0 radical (unpaired) electrons. The third-order valence-corrected chi connectivity index (χ3v) is 1.57. The van der Waals surface area contributed by atoms with Crippen LogP contribution in [0, 0.1) is 0 Å². The Bertz CT molecular complexity index is 164. The standard InChI is InChI=1S/C6H9FN2/c1-5(7)6(2)3-4-8-9-6/h1,3-4H2,2H3. The first-order valence-electron chi connectivity index (χ1n) is 2.89. The summed E-state index contributed by atoms with van der Waals surface area (Å²) in [6.07, 6.45) is 0.655. The van der Waals surface area contributed by atoms with E-state index in [1.165, 1.54) is 0 Å². The first-order chi connectivity index (χ1) is 4.15. The second-order valence-electron chi connectivity index (χ2n) is 2.39. The first kappa shape index (κ1) is 6.39. The minimum atomic E-state index is -0.708. The lowest BCUT2D eigenvalue weighted by molar-refractivity contribution is 0.434. The molecule has 0 spiro atoms. The van der Waals surface area contributed by atoms with Crippen molar-refractivity contribution in [2.24, 2.45) is 10.2 Å². The van der Waals surface area contributed by atoms with Crippen LogP contribution < -0.4 is 0 Å². The Balaban J connectivity index is 2.74. The van der Waals surface area contributed by atoms with Crippen LogP contribution >= 0.6 is 0 Å². The number of rotatable bonds is 1. The van der Waals surface area contributed by atoms with Crippen molar-refractivity contribution in [1.82, 2.24) is 0 Å². The lowest BCUT2D eigenvalue weighted by Crippen LogP contribution is -2.18. The summed E-state index contributed by atoms with van der Waals surface area (Å²) in [5.74, 6) is -0.385. The van der Waals surface area contributed by atoms with Gasteiger partial charge in [-0.05, 0) is 6.92 Å². The monoisotopic (exact) mass is 128 g/mol. The largest absolute Gasteiger partial charge is 0.210 e. The summed E-state index contributed by atoms with van der Waals surface area (Å²) in [7, 11) is 0. The van der Waals surface area contributed by atoms with E-state index in [9.17, 15) is 4.39 Å². The van der Waals surface area contributed by atoms with Crippen LogP contribution in [0.15, 0.2) is 22.6 Å². The van der Waals surface area contributed by atoms with Crippen LogP contribution in [0.4, 0.5) is 4.39 Å². The lowest BCUT2D eigenvalue weighted by Gasteiger charge is -2.13. The molecule has 3 heteroatoms. The minimum absolute atomic E-state index is 0.385. The van der Waals surface area contributed by atoms with Crippen LogP contribution in [0.5, 0.6) is 0 Å². The third kappa shape index (κ3) is 0.992. The highest BCUT2D eigenvalue weighted by atomic mass is 19.1. The van der Waals surface area contributed by atoms with E-state index >= 15 is 0 Å². The van der Waals surface area contributed by atoms with Gasteiger partial charge in [0.2, 0.25) is 0 Å². The highest BCUT2D eigenvalue weighted by Crippen LogP contribution is 2.29. The summed E-state index contributed by atoms with van der Waals surface area (Å²) in [5, 5.41) is 7.40. The summed E-state index contributed by atoms with van der Waals surface area (Å²) in [6.45, 7) is 5.51. The highest BCUT2D eigenvalue weighted by Gasteiger charge is 2.30. The summed E-state index contributed by atoms with van der Waals surface area (Å²) in [5.41, 5.74) is -0.708. The fourth-order valence-corrected chi connectivity index (χ4v) is 0.714. The quantitative estimate of drug-likeness (QED) is 0.516. The van der Waals surface area contributed by atoms with Crippen LogP contribution in [0.1, 0.15) is 13.3 Å². The van der Waals surface area contributed by atoms with Gasteiger partial charge in [0, 0.05) is 6.42 Å². The van der Waals surface area contributed by atoms with E-state index in [1.54, 1.807) is 6.92 Å². The number of nitrogens with zero attached hydrogens (tertiary/aromatic N) is 2. The average Bonchev–Trinajstić information content (AvgIpc) is 2.16. The molecular weight excluding hydrogens is 119 g/mol. The normalized spacial score (nSPS) is 33.1. The number of halogens is 1. The van der Waals surface area contributed by atoms with Crippen molar-refractivity contribution in [3.8, 4) is 0 Å². The van der Waals surface area contributed by atoms with Crippen LogP contribution in [-0.2, 0) is 0 Å². The zero-order valence-corrected chi connectivity index (χ0v) is 5.39. The van der Waals surface area contributed by atoms with Gasteiger partial charge in [-0.3, -0.25) is 0 Å². The van der Waals surface area contributed by atoms with Gasteiger partial charge >= 0.3 is 0 Å². The van der Waals surface area contributed by atoms with Crippen molar-refractivity contribution >= 4 is 0 Å². The number of azo groups is 1. The highest BCUT2D eigenvalue weighted by molar-refractivity contribution is 5.08. The topological polar surface area (TPSA) is 24.7 Å². The molecular formula is C6H9FN2. The number of hydrogen-bond acceptors (Lipinski definition) is 2. The predicted molar refractivity (Wildman–Crippen MR) is 33.0 cm³/mol. The fourth-order valence-electron chi connectivity index (χ4n) is 0.714. The molecule has 1 aliphatic rings. The van der Waals surface area contributed by atoms with E-state index in [4.69, 9.17) is 0 Å². The minimum Gasteiger partial charge on any atom is -0.210 e. The lowest BCUT2D eigenvalue weighted by atomic mass is 10.00. The van der Waals surface area contributed by atoms with Gasteiger partial charge in [0.15, 0.2) is 0 Å². The van der Waals surface area contributed by atoms with Gasteiger partial charge in [0.1, 0.15) is 11.4 Å². The molecule has 1 heterocycles. The molecule has 0 aromatic carbocycles. The zero-order chi connectivity index (χ0) is 6.91. The second-order valence-corrected chi connectivity index (χ2v) is 2.39. The van der Waals surface area contributed by atoms with Gasteiger partial charge in [0.05, 0.1) is 6.54 Å². The smallest absolute Gasteiger partial charge is 0.131 e. The van der Waals surface area contributed by atoms with Gasteiger partial charge < -0.3 is 0 Å². The van der Waals surface area contributed by atoms with Crippen LogP contribution in [0.25, 0.3) is 0 Å². The van der Waals surface area contributed by atoms with Crippen molar-refractivity contribution in [2.45, 2.75) is 18.9 Å². The summed E-state index contributed by atoms with van der Waals surface area (Å²) >= 11 is 0. The zero-order valence-electron chi connectivity index (χ0n) is 5.39. The van der Waals surface area contributed by atoms with Crippen molar-refractivity contribution < 1.29 is 4.39 Å².